The Bertz CT molecular complexity index is 997. The van der Waals surface area contributed by atoms with Gasteiger partial charge in [-0.1, -0.05) is 24.3 Å². The van der Waals surface area contributed by atoms with Crippen molar-refractivity contribution in [2.45, 2.75) is 25.9 Å². The van der Waals surface area contributed by atoms with Crippen LogP contribution in [0.3, 0.4) is 0 Å². The molecular weight excluding hydrogens is 403 g/mol. The van der Waals surface area contributed by atoms with E-state index in [2.05, 4.69) is 4.98 Å². The van der Waals surface area contributed by atoms with E-state index < -0.39 is 17.7 Å². The third-order valence-electron chi connectivity index (χ3n) is 4.21. The van der Waals surface area contributed by atoms with Gasteiger partial charge in [-0.25, -0.2) is 4.98 Å². The molecule has 0 atom stereocenters. The number of ether oxygens (including phenoxy) is 1. The highest BCUT2D eigenvalue weighted by molar-refractivity contribution is 7.15. The van der Waals surface area contributed by atoms with Crippen LogP contribution in [0.15, 0.2) is 48.5 Å². The van der Waals surface area contributed by atoms with Gasteiger partial charge in [-0.3, -0.25) is 4.79 Å². The largest absolute Gasteiger partial charge is 0.493 e. The highest BCUT2D eigenvalue weighted by Gasteiger charge is 2.30. The first-order chi connectivity index (χ1) is 13.7. The molecule has 0 aliphatic heterocycles. The van der Waals surface area contributed by atoms with Crippen molar-refractivity contribution in [2.75, 3.05) is 6.61 Å². The third kappa shape index (κ3) is 5.57. The molecule has 4 nitrogen and oxygen atoms in total. The zero-order valence-corrected chi connectivity index (χ0v) is 16.3. The van der Waals surface area contributed by atoms with Gasteiger partial charge in [0.1, 0.15) is 10.8 Å². The molecule has 3 aromatic rings. The molecule has 1 heterocycles. The highest BCUT2D eigenvalue weighted by Crippen LogP contribution is 2.33. The topological polar surface area (TPSA) is 59.4 Å². The second-order valence-electron chi connectivity index (χ2n) is 6.41. The van der Waals surface area contributed by atoms with Gasteiger partial charge >= 0.3 is 12.1 Å². The van der Waals surface area contributed by atoms with Crippen LogP contribution >= 0.6 is 11.3 Å². The molecule has 0 saturated carbocycles. The van der Waals surface area contributed by atoms with E-state index in [4.69, 9.17) is 9.84 Å². The fraction of sp³-hybridized carbons (Fsp3) is 0.238. The molecule has 0 unspecified atom stereocenters. The maximum atomic E-state index is 12.7. The Labute approximate surface area is 169 Å². The summed E-state index contributed by atoms with van der Waals surface area (Å²) in [5.74, 6) is -0.323. The van der Waals surface area contributed by atoms with Crippen LogP contribution < -0.4 is 4.74 Å². The van der Waals surface area contributed by atoms with Crippen molar-refractivity contribution in [1.29, 1.82) is 0 Å². The Morgan fingerprint density at radius 2 is 1.90 bits per heavy atom. The van der Waals surface area contributed by atoms with Gasteiger partial charge in [0.15, 0.2) is 0 Å². The number of aryl methyl sites for hydroxylation is 1. The predicted molar refractivity (Wildman–Crippen MR) is 104 cm³/mol. The first-order valence-corrected chi connectivity index (χ1v) is 9.61. The Kier molecular flexibility index (Phi) is 6.22. The fourth-order valence-electron chi connectivity index (χ4n) is 2.77. The number of carboxylic acid groups (broad SMARTS) is 1. The molecule has 0 radical (unpaired) electrons. The number of hydrogen-bond acceptors (Lipinski definition) is 4. The molecule has 3 rings (SSSR count). The normalized spacial score (nSPS) is 11.4. The van der Waals surface area contributed by atoms with Gasteiger partial charge in [-0.2, -0.15) is 13.2 Å². The maximum absolute atomic E-state index is 12.7. The van der Waals surface area contributed by atoms with Gasteiger partial charge in [0.05, 0.1) is 24.3 Å². The number of nitrogens with zero attached hydrogens (tertiary/aromatic N) is 1. The predicted octanol–water partition coefficient (Wildman–Crippen LogP) is 5.39. The second-order valence-corrected chi connectivity index (χ2v) is 7.62. The van der Waals surface area contributed by atoms with E-state index in [1.54, 1.807) is 24.3 Å². The average Bonchev–Trinajstić information content (AvgIpc) is 3.02. The Morgan fingerprint density at radius 3 is 2.55 bits per heavy atom. The van der Waals surface area contributed by atoms with E-state index in [0.717, 1.165) is 22.7 Å². The standard InChI is InChI=1S/C21H18F3NO3S/c1-13-18(9-10-28-17-4-2-3-14(11-17)12-19(26)27)25-20(29-13)15-5-7-16(8-6-15)21(22,23)24/h2-8,11H,9-10,12H2,1H3,(H,26,27). The second kappa shape index (κ2) is 8.65. The van der Waals surface area contributed by atoms with Crippen molar-refractivity contribution in [3.8, 4) is 16.3 Å². The minimum Gasteiger partial charge on any atom is -0.493 e. The van der Waals surface area contributed by atoms with E-state index in [1.807, 2.05) is 6.92 Å². The molecular formula is C21H18F3NO3S. The van der Waals surface area contributed by atoms with Gasteiger partial charge in [0, 0.05) is 16.9 Å². The van der Waals surface area contributed by atoms with Crippen LogP contribution in [0.2, 0.25) is 0 Å². The summed E-state index contributed by atoms with van der Waals surface area (Å²) in [5.41, 5.74) is 1.43. The molecule has 0 fully saturated rings. The van der Waals surface area contributed by atoms with Crippen LogP contribution in [0, 0.1) is 6.92 Å². The minimum absolute atomic E-state index is 0.0706. The van der Waals surface area contributed by atoms with Gasteiger partial charge in [0.2, 0.25) is 0 Å². The number of aromatic nitrogens is 1. The average molecular weight is 421 g/mol. The number of hydrogen-bond donors (Lipinski definition) is 1. The summed E-state index contributed by atoms with van der Waals surface area (Å²) < 4.78 is 43.8. The first-order valence-electron chi connectivity index (χ1n) is 8.80. The van der Waals surface area contributed by atoms with Crippen molar-refractivity contribution in [3.63, 3.8) is 0 Å². The minimum atomic E-state index is -4.36. The molecule has 2 aromatic carbocycles. The van der Waals surface area contributed by atoms with Crippen molar-refractivity contribution in [1.82, 2.24) is 4.98 Å². The molecule has 1 aromatic heterocycles. The van der Waals surface area contributed by atoms with E-state index in [-0.39, 0.29) is 6.42 Å². The van der Waals surface area contributed by atoms with E-state index >= 15 is 0 Å². The van der Waals surface area contributed by atoms with Crippen LogP contribution in [0.25, 0.3) is 10.6 Å². The van der Waals surface area contributed by atoms with E-state index in [9.17, 15) is 18.0 Å². The molecule has 0 aliphatic carbocycles. The number of rotatable bonds is 7. The number of halogens is 3. The van der Waals surface area contributed by atoms with Gasteiger partial charge in [-0.15, -0.1) is 11.3 Å². The number of carbonyl (C=O) groups is 1. The summed E-state index contributed by atoms with van der Waals surface area (Å²) in [4.78, 5) is 16.3. The van der Waals surface area contributed by atoms with Crippen LogP contribution in [-0.2, 0) is 23.8 Å². The monoisotopic (exact) mass is 421 g/mol. The van der Waals surface area contributed by atoms with Gasteiger partial charge < -0.3 is 9.84 Å². The zero-order chi connectivity index (χ0) is 21.0. The summed E-state index contributed by atoms with van der Waals surface area (Å²) in [7, 11) is 0. The number of aliphatic carboxylic acids is 1. The molecule has 0 amide bonds. The van der Waals surface area contributed by atoms with Gasteiger partial charge in [-0.05, 0) is 36.8 Å². The third-order valence-corrected chi connectivity index (χ3v) is 5.28. The smallest absolute Gasteiger partial charge is 0.416 e. The summed E-state index contributed by atoms with van der Waals surface area (Å²) in [6.07, 6.45) is -3.90. The fourth-order valence-corrected chi connectivity index (χ4v) is 3.74. The van der Waals surface area contributed by atoms with E-state index in [0.29, 0.717) is 34.9 Å². The molecule has 29 heavy (non-hydrogen) atoms. The molecule has 152 valence electrons. The molecule has 0 saturated heterocycles. The number of thiazole rings is 1. The lowest BCUT2D eigenvalue weighted by atomic mass is 10.1. The lowest BCUT2D eigenvalue weighted by Crippen LogP contribution is -2.04. The van der Waals surface area contributed by atoms with Crippen molar-refractivity contribution < 1.29 is 27.8 Å². The SMILES string of the molecule is Cc1sc(-c2ccc(C(F)(F)F)cc2)nc1CCOc1cccc(CC(=O)O)c1. The Hall–Kier alpha value is -2.87. The lowest BCUT2D eigenvalue weighted by Gasteiger charge is -2.07. The lowest BCUT2D eigenvalue weighted by molar-refractivity contribution is -0.138. The molecule has 8 heteroatoms. The molecule has 0 bridgehead atoms. The molecule has 0 spiro atoms. The Balaban J connectivity index is 1.63. The van der Waals surface area contributed by atoms with Crippen LogP contribution in [0.4, 0.5) is 13.2 Å². The van der Waals surface area contributed by atoms with Crippen LogP contribution in [0.5, 0.6) is 5.75 Å². The van der Waals surface area contributed by atoms with Gasteiger partial charge in [0.25, 0.3) is 0 Å². The highest BCUT2D eigenvalue weighted by atomic mass is 32.1. The summed E-state index contributed by atoms with van der Waals surface area (Å²) >= 11 is 1.42. The quantitative estimate of drug-likeness (QED) is 0.556. The number of carboxylic acids is 1. The Morgan fingerprint density at radius 1 is 1.17 bits per heavy atom. The van der Waals surface area contributed by atoms with Crippen LogP contribution in [0.1, 0.15) is 21.7 Å². The first kappa shape index (κ1) is 20.9. The summed E-state index contributed by atoms with van der Waals surface area (Å²) in [5, 5.41) is 9.52. The van der Waals surface area contributed by atoms with Crippen molar-refractivity contribution >= 4 is 17.3 Å². The number of alkyl halides is 3. The zero-order valence-electron chi connectivity index (χ0n) is 15.5. The van der Waals surface area contributed by atoms with Crippen molar-refractivity contribution in [3.05, 3.63) is 70.2 Å². The summed E-state index contributed by atoms with van der Waals surface area (Å²) in [6.45, 7) is 2.27. The maximum Gasteiger partial charge on any atom is 0.416 e. The van der Waals surface area contributed by atoms with Crippen LogP contribution in [-0.4, -0.2) is 22.7 Å². The molecule has 0 aliphatic rings. The van der Waals surface area contributed by atoms with E-state index in [1.165, 1.54) is 23.5 Å². The summed E-state index contributed by atoms with van der Waals surface area (Å²) in [6, 6.07) is 11.9. The number of benzene rings is 2. The molecule has 1 N–H and O–H groups in total. The van der Waals surface area contributed by atoms with Crippen molar-refractivity contribution in [2.24, 2.45) is 0 Å².